The average Bonchev–Trinajstić information content (AvgIpc) is 2.97. The van der Waals surface area contributed by atoms with Crippen LogP contribution in [-0.2, 0) is 4.79 Å². The van der Waals surface area contributed by atoms with Gasteiger partial charge in [-0.05, 0) is 43.3 Å². The summed E-state index contributed by atoms with van der Waals surface area (Å²) < 4.78 is 40.9. The zero-order valence-electron chi connectivity index (χ0n) is 14.9. The third-order valence-electron chi connectivity index (χ3n) is 4.08. The largest absolute Gasteiger partial charge is 0.432 e. The number of rotatable bonds is 4. The fraction of sp³-hybridized carbons (Fsp3) is 0.158. The summed E-state index contributed by atoms with van der Waals surface area (Å²) in [5.74, 6) is -3.55. The Morgan fingerprint density at radius 2 is 1.76 bits per heavy atom. The molecule has 1 aliphatic heterocycles. The summed E-state index contributed by atoms with van der Waals surface area (Å²) >= 11 is 5.72. The molecule has 1 unspecified atom stereocenters. The van der Waals surface area contributed by atoms with E-state index >= 15 is 0 Å². The maximum absolute atomic E-state index is 13.6. The Labute approximate surface area is 168 Å². The molecule has 150 valence electrons. The van der Waals surface area contributed by atoms with Gasteiger partial charge in [0, 0.05) is 10.6 Å². The van der Waals surface area contributed by atoms with E-state index < -0.39 is 29.6 Å². The molecule has 29 heavy (non-hydrogen) atoms. The van der Waals surface area contributed by atoms with E-state index in [1.165, 1.54) is 31.2 Å². The highest BCUT2D eigenvalue weighted by atomic mass is 35.5. The summed E-state index contributed by atoms with van der Waals surface area (Å²) in [4.78, 5) is 24.8. The van der Waals surface area contributed by atoms with Crippen LogP contribution in [0.4, 0.5) is 18.9 Å². The second-order valence-electron chi connectivity index (χ2n) is 6.10. The smallest absolute Gasteiger partial charge is 0.271 e. The summed E-state index contributed by atoms with van der Waals surface area (Å²) in [6, 6.07) is 13.6. The molecule has 0 spiro atoms. The fourth-order valence-electron chi connectivity index (χ4n) is 2.70. The van der Waals surface area contributed by atoms with Crippen LogP contribution in [0, 0.1) is 5.92 Å². The number of hydrazone groups is 2. The maximum Gasteiger partial charge on any atom is 0.432 e. The maximum atomic E-state index is 13.6. The number of benzene rings is 2. The minimum Gasteiger partial charge on any atom is -0.271 e. The lowest BCUT2D eigenvalue weighted by atomic mass is 9.97. The molecule has 1 atom stereocenters. The first-order valence-corrected chi connectivity index (χ1v) is 8.71. The summed E-state index contributed by atoms with van der Waals surface area (Å²) in [5.41, 5.74) is 0.705. The summed E-state index contributed by atoms with van der Waals surface area (Å²) in [7, 11) is 0. The van der Waals surface area contributed by atoms with Crippen molar-refractivity contribution in [2.75, 3.05) is 5.01 Å². The number of hydrogen-bond donors (Lipinski definition) is 1. The second-order valence-corrected chi connectivity index (χ2v) is 6.54. The first kappa shape index (κ1) is 20.5. The van der Waals surface area contributed by atoms with Crippen molar-refractivity contribution in [1.82, 2.24) is 5.43 Å². The van der Waals surface area contributed by atoms with Gasteiger partial charge in [-0.3, -0.25) is 9.59 Å². The summed E-state index contributed by atoms with van der Waals surface area (Å²) in [6.07, 6.45) is -4.96. The van der Waals surface area contributed by atoms with Crippen LogP contribution in [0.15, 0.2) is 64.8 Å². The third kappa shape index (κ3) is 4.45. The van der Waals surface area contributed by atoms with Gasteiger partial charge in [0.05, 0.1) is 11.4 Å². The lowest BCUT2D eigenvalue weighted by molar-refractivity contribution is -0.119. The molecule has 2 amide bonds. The molecule has 0 aromatic heterocycles. The predicted molar refractivity (Wildman–Crippen MR) is 103 cm³/mol. The molecule has 1 N–H and O–H groups in total. The highest BCUT2D eigenvalue weighted by Gasteiger charge is 2.49. The minimum atomic E-state index is -4.96. The van der Waals surface area contributed by atoms with Gasteiger partial charge < -0.3 is 0 Å². The molecule has 2 aromatic carbocycles. The number of hydrogen-bond acceptors (Lipinski definition) is 4. The molecular weight excluding hydrogens is 409 g/mol. The van der Waals surface area contributed by atoms with E-state index in [0.717, 1.165) is 5.01 Å². The van der Waals surface area contributed by atoms with Crippen molar-refractivity contribution in [3.05, 3.63) is 65.2 Å². The van der Waals surface area contributed by atoms with Crippen molar-refractivity contribution >= 4 is 40.5 Å². The first-order chi connectivity index (χ1) is 13.7. The molecule has 0 saturated heterocycles. The molecule has 0 aliphatic carbocycles. The molecule has 3 rings (SSSR count). The van der Waals surface area contributed by atoms with E-state index in [2.05, 4.69) is 10.2 Å². The van der Waals surface area contributed by atoms with Gasteiger partial charge in [0.1, 0.15) is 5.92 Å². The normalized spacial score (nSPS) is 17.3. The zero-order valence-corrected chi connectivity index (χ0v) is 15.7. The van der Waals surface area contributed by atoms with E-state index in [-0.39, 0.29) is 11.3 Å². The number of alkyl halides is 3. The van der Waals surface area contributed by atoms with Crippen LogP contribution in [-0.4, -0.2) is 29.4 Å². The van der Waals surface area contributed by atoms with E-state index in [1.807, 2.05) is 5.43 Å². The summed E-state index contributed by atoms with van der Waals surface area (Å²) in [5, 5.41) is 8.44. The number of anilines is 1. The van der Waals surface area contributed by atoms with Crippen molar-refractivity contribution in [1.29, 1.82) is 0 Å². The molecule has 1 heterocycles. The molecule has 10 heteroatoms. The van der Waals surface area contributed by atoms with E-state index in [9.17, 15) is 22.8 Å². The average molecular weight is 423 g/mol. The van der Waals surface area contributed by atoms with Crippen molar-refractivity contribution < 1.29 is 22.8 Å². The second kappa shape index (κ2) is 8.04. The Hall–Kier alpha value is -3.20. The van der Waals surface area contributed by atoms with Crippen LogP contribution in [0.1, 0.15) is 17.3 Å². The number of carbonyl (C=O) groups excluding carboxylic acids is 2. The molecule has 0 bridgehead atoms. The van der Waals surface area contributed by atoms with Crippen molar-refractivity contribution in [2.24, 2.45) is 16.1 Å². The van der Waals surface area contributed by atoms with Crippen molar-refractivity contribution in [3.8, 4) is 0 Å². The van der Waals surface area contributed by atoms with Crippen molar-refractivity contribution in [2.45, 2.75) is 13.1 Å². The highest BCUT2D eigenvalue weighted by Crippen LogP contribution is 2.30. The Bertz CT molecular complexity index is 989. The third-order valence-corrected chi connectivity index (χ3v) is 4.33. The van der Waals surface area contributed by atoms with E-state index in [0.29, 0.717) is 10.7 Å². The molecule has 0 fully saturated rings. The van der Waals surface area contributed by atoms with Gasteiger partial charge in [-0.1, -0.05) is 29.8 Å². The number of para-hydroxylation sites is 1. The van der Waals surface area contributed by atoms with Crippen molar-refractivity contribution in [3.63, 3.8) is 0 Å². The minimum absolute atomic E-state index is 0.0636. The number of nitrogens with zero attached hydrogens (tertiary/aromatic N) is 3. The quantitative estimate of drug-likeness (QED) is 0.596. The summed E-state index contributed by atoms with van der Waals surface area (Å²) in [6.45, 7) is 1.30. The fourth-order valence-corrected chi connectivity index (χ4v) is 2.83. The number of halogens is 4. The van der Waals surface area contributed by atoms with Crippen LogP contribution in [0.5, 0.6) is 0 Å². The lowest BCUT2D eigenvalue weighted by Gasteiger charge is -2.17. The topological polar surface area (TPSA) is 74.1 Å². The first-order valence-electron chi connectivity index (χ1n) is 8.33. The predicted octanol–water partition coefficient (Wildman–Crippen LogP) is 4.03. The van der Waals surface area contributed by atoms with Gasteiger partial charge in [0.15, 0.2) is 5.71 Å². The lowest BCUT2D eigenvalue weighted by Crippen LogP contribution is -2.41. The Kier molecular flexibility index (Phi) is 5.69. The molecule has 1 aliphatic rings. The number of carbonyl (C=O) groups is 2. The van der Waals surface area contributed by atoms with Crippen LogP contribution in [0.2, 0.25) is 5.02 Å². The van der Waals surface area contributed by atoms with Gasteiger partial charge in [-0.2, -0.15) is 28.4 Å². The molecule has 6 nitrogen and oxygen atoms in total. The Balaban J connectivity index is 1.88. The van der Waals surface area contributed by atoms with E-state index in [1.54, 1.807) is 30.3 Å². The van der Waals surface area contributed by atoms with Crippen LogP contribution in [0.25, 0.3) is 0 Å². The highest BCUT2D eigenvalue weighted by molar-refractivity contribution is 6.30. The molecular formula is C19H14ClF3N4O2. The number of nitrogens with one attached hydrogen (secondary N) is 1. The Morgan fingerprint density at radius 3 is 2.34 bits per heavy atom. The van der Waals surface area contributed by atoms with Gasteiger partial charge in [0.2, 0.25) is 0 Å². The zero-order chi connectivity index (χ0) is 21.2. The van der Waals surface area contributed by atoms with Gasteiger partial charge in [0.25, 0.3) is 11.8 Å². The molecule has 2 aromatic rings. The molecule has 0 saturated carbocycles. The standard InChI is InChI=1S/C19H14ClF3N4O2/c1-11-15(18(29)27(26-11)14-5-3-2-4-6-14)16(19(21,22)23)24-25-17(28)12-7-9-13(20)10-8-12/h2-10,15H,1H3,(H,25,28)/b24-16-. The van der Waals surface area contributed by atoms with E-state index in [4.69, 9.17) is 11.6 Å². The molecule has 0 radical (unpaired) electrons. The van der Waals surface area contributed by atoms with Gasteiger partial charge in [-0.15, -0.1) is 0 Å². The SMILES string of the molecule is CC1=NN(c2ccccc2)C(=O)C1/C(=N/NC(=O)c1ccc(Cl)cc1)C(F)(F)F. The monoisotopic (exact) mass is 422 g/mol. The van der Waals surface area contributed by atoms with Gasteiger partial charge in [-0.25, -0.2) is 5.43 Å². The van der Waals surface area contributed by atoms with Crippen LogP contribution in [0.3, 0.4) is 0 Å². The van der Waals surface area contributed by atoms with Crippen LogP contribution < -0.4 is 10.4 Å². The van der Waals surface area contributed by atoms with Crippen LogP contribution >= 0.6 is 11.6 Å². The Morgan fingerprint density at radius 1 is 1.14 bits per heavy atom. The number of amides is 2. The van der Waals surface area contributed by atoms with Gasteiger partial charge >= 0.3 is 6.18 Å².